The fraction of sp³-hybridized carbons (Fsp3) is 0.562. The van der Waals surface area contributed by atoms with Crippen LogP contribution in [-0.2, 0) is 4.79 Å². The number of hydrogen-bond acceptors (Lipinski definition) is 2. The maximum atomic E-state index is 12.1. The molecule has 1 saturated heterocycles. The van der Waals surface area contributed by atoms with Crippen LogP contribution in [-0.4, -0.2) is 23.4 Å². The topological polar surface area (TPSA) is 46.3 Å². The van der Waals surface area contributed by atoms with Crippen LogP contribution in [0.3, 0.4) is 0 Å². The zero-order valence-electron chi connectivity index (χ0n) is 12.4. The van der Waals surface area contributed by atoms with Crippen molar-refractivity contribution in [3.05, 3.63) is 34.4 Å². The first kappa shape index (κ1) is 14.1. The van der Waals surface area contributed by atoms with Crippen LogP contribution in [0, 0.1) is 20.8 Å². The zero-order chi connectivity index (χ0) is 14.2. The van der Waals surface area contributed by atoms with E-state index in [0.717, 1.165) is 13.0 Å². The lowest BCUT2D eigenvalue weighted by Crippen LogP contribution is -2.34. The predicted molar refractivity (Wildman–Crippen MR) is 78.0 cm³/mol. The van der Waals surface area contributed by atoms with Gasteiger partial charge < -0.3 is 10.6 Å². The molecule has 1 amide bonds. The molecule has 0 aromatic heterocycles. The van der Waals surface area contributed by atoms with Gasteiger partial charge in [-0.25, -0.2) is 0 Å². The maximum Gasteiger partial charge on any atom is 0.224 e. The summed E-state index contributed by atoms with van der Waals surface area (Å²) in [5, 5.41) is 0. The van der Waals surface area contributed by atoms with Gasteiger partial charge in [0.1, 0.15) is 0 Å². The second-order valence-corrected chi connectivity index (χ2v) is 5.69. The van der Waals surface area contributed by atoms with Crippen molar-refractivity contribution in [2.45, 2.75) is 52.6 Å². The smallest absolute Gasteiger partial charge is 0.224 e. The van der Waals surface area contributed by atoms with Gasteiger partial charge in [-0.1, -0.05) is 19.1 Å². The summed E-state index contributed by atoms with van der Waals surface area (Å²) in [5.41, 5.74) is 11.2. The number of hydrogen-bond donors (Lipinski definition) is 1. The predicted octanol–water partition coefficient (Wildman–Crippen LogP) is 2.62. The number of carbonyl (C=O) groups is 1. The average molecular weight is 260 g/mol. The van der Waals surface area contributed by atoms with E-state index in [1.54, 1.807) is 0 Å². The largest absolute Gasteiger partial charge is 0.334 e. The van der Waals surface area contributed by atoms with Crippen molar-refractivity contribution in [3.63, 3.8) is 0 Å². The molecule has 0 bridgehead atoms. The van der Waals surface area contributed by atoms with Gasteiger partial charge in [-0.3, -0.25) is 4.79 Å². The Morgan fingerprint density at radius 1 is 1.21 bits per heavy atom. The minimum Gasteiger partial charge on any atom is -0.334 e. The maximum absolute atomic E-state index is 12.1. The third-order valence-electron chi connectivity index (χ3n) is 4.14. The van der Waals surface area contributed by atoms with Crippen molar-refractivity contribution in [2.24, 2.45) is 5.73 Å². The first-order valence-electron chi connectivity index (χ1n) is 7.08. The van der Waals surface area contributed by atoms with E-state index in [0.29, 0.717) is 6.42 Å². The number of likely N-dealkylation sites (tertiary alicyclic amines) is 1. The molecule has 2 rings (SSSR count). The zero-order valence-corrected chi connectivity index (χ0v) is 12.4. The highest BCUT2D eigenvalue weighted by Gasteiger charge is 2.38. The molecule has 1 fully saturated rings. The molecule has 2 unspecified atom stereocenters. The van der Waals surface area contributed by atoms with E-state index >= 15 is 0 Å². The van der Waals surface area contributed by atoms with Crippen molar-refractivity contribution in [3.8, 4) is 0 Å². The first-order valence-corrected chi connectivity index (χ1v) is 7.08. The Kier molecular flexibility index (Phi) is 3.95. The highest BCUT2D eigenvalue weighted by molar-refractivity contribution is 5.80. The summed E-state index contributed by atoms with van der Waals surface area (Å²) in [6.45, 7) is 9.24. The Morgan fingerprint density at radius 2 is 1.84 bits per heavy atom. The highest BCUT2D eigenvalue weighted by atomic mass is 16.2. The van der Waals surface area contributed by atoms with Crippen molar-refractivity contribution >= 4 is 5.91 Å². The van der Waals surface area contributed by atoms with Crippen LogP contribution < -0.4 is 5.73 Å². The van der Waals surface area contributed by atoms with Gasteiger partial charge >= 0.3 is 0 Å². The van der Waals surface area contributed by atoms with Crippen LogP contribution in [0.2, 0.25) is 0 Å². The van der Waals surface area contributed by atoms with Crippen LogP contribution >= 0.6 is 0 Å². The molecule has 3 nitrogen and oxygen atoms in total. The van der Waals surface area contributed by atoms with E-state index in [-0.39, 0.29) is 18.0 Å². The molecule has 19 heavy (non-hydrogen) atoms. The molecule has 1 aliphatic heterocycles. The molecule has 3 heteroatoms. The van der Waals surface area contributed by atoms with Gasteiger partial charge in [0.2, 0.25) is 5.91 Å². The van der Waals surface area contributed by atoms with Gasteiger partial charge in [-0.2, -0.15) is 0 Å². The second-order valence-electron chi connectivity index (χ2n) is 5.69. The molecule has 2 atom stereocenters. The summed E-state index contributed by atoms with van der Waals surface area (Å²) in [6.07, 6.45) is 1.44. The third-order valence-corrected chi connectivity index (χ3v) is 4.14. The number of rotatable bonds is 3. The minimum absolute atomic E-state index is 0.0479. The molecular weight excluding hydrogens is 236 g/mol. The van der Waals surface area contributed by atoms with Gasteiger partial charge in [-0.05, 0) is 49.4 Å². The number of nitrogens with two attached hydrogens (primary N) is 1. The molecular formula is C16H24N2O. The van der Waals surface area contributed by atoms with Gasteiger partial charge in [0.25, 0.3) is 0 Å². The summed E-state index contributed by atoms with van der Waals surface area (Å²) in [6, 6.07) is 4.37. The Bertz CT molecular complexity index is 496. The molecule has 2 N–H and O–H groups in total. The van der Waals surface area contributed by atoms with E-state index in [2.05, 4.69) is 39.8 Å². The molecule has 1 aliphatic rings. The summed E-state index contributed by atoms with van der Waals surface area (Å²) < 4.78 is 0. The van der Waals surface area contributed by atoms with Crippen LogP contribution in [0.5, 0.6) is 0 Å². The summed E-state index contributed by atoms with van der Waals surface area (Å²) in [4.78, 5) is 14.0. The fourth-order valence-corrected chi connectivity index (χ4v) is 3.02. The van der Waals surface area contributed by atoms with Crippen molar-refractivity contribution in [1.82, 2.24) is 4.90 Å². The average Bonchev–Trinajstić information content (AvgIpc) is 2.60. The summed E-state index contributed by atoms with van der Waals surface area (Å²) in [7, 11) is 0. The molecule has 1 heterocycles. The Labute approximate surface area is 115 Å². The lowest BCUT2D eigenvalue weighted by Gasteiger charge is -2.29. The number of amides is 1. The van der Waals surface area contributed by atoms with Crippen LogP contribution in [0.25, 0.3) is 0 Å². The lowest BCUT2D eigenvalue weighted by molar-refractivity contribution is -0.129. The number of carbonyl (C=O) groups excluding carboxylic acids is 1. The van der Waals surface area contributed by atoms with Gasteiger partial charge in [0, 0.05) is 19.0 Å². The molecule has 104 valence electrons. The van der Waals surface area contributed by atoms with Crippen molar-refractivity contribution < 1.29 is 4.79 Å². The lowest BCUT2D eigenvalue weighted by atomic mass is 9.92. The fourth-order valence-electron chi connectivity index (χ4n) is 3.02. The summed E-state index contributed by atoms with van der Waals surface area (Å²) >= 11 is 0. The molecule has 0 radical (unpaired) electrons. The third kappa shape index (κ3) is 2.52. The van der Waals surface area contributed by atoms with E-state index < -0.39 is 0 Å². The van der Waals surface area contributed by atoms with E-state index in [9.17, 15) is 4.79 Å². The van der Waals surface area contributed by atoms with Crippen LogP contribution in [0.4, 0.5) is 0 Å². The van der Waals surface area contributed by atoms with Crippen molar-refractivity contribution in [2.75, 3.05) is 6.54 Å². The highest BCUT2D eigenvalue weighted by Crippen LogP contribution is 2.34. The van der Waals surface area contributed by atoms with E-state index in [1.165, 1.54) is 22.3 Å². The van der Waals surface area contributed by atoms with E-state index in [1.807, 2.05) is 4.90 Å². The Hall–Kier alpha value is -1.35. The summed E-state index contributed by atoms with van der Waals surface area (Å²) in [5.74, 6) is 0.192. The van der Waals surface area contributed by atoms with Crippen molar-refractivity contribution in [1.29, 1.82) is 0 Å². The second kappa shape index (κ2) is 5.33. The molecule has 1 aromatic rings. The molecule has 0 spiro atoms. The van der Waals surface area contributed by atoms with Crippen LogP contribution in [0.1, 0.15) is 48.1 Å². The molecule has 0 aliphatic carbocycles. The minimum atomic E-state index is -0.0835. The Balaban J connectivity index is 2.43. The number of benzene rings is 1. The van der Waals surface area contributed by atoms with Gasteiger partial charge in [0.15, 0.2) is 0 Å². The van der Waals surface area contributed by atoms with Crippen LogP contribution in [0.15, 0.2) is 12.1 Å². The Morgan fingerprint density at radius 3 is 2.47 bits per heavy atom. The first-order chi connectivity index (χ1) is 8.95. The standard InChI is InChI=1S/C16H24N2O/c1-5-6-18-15(19)9-14(17)16(18)13-8-11(3)10(2)7-12(13)4/h7-8,14,16H,5-6,9,17H2,1-4H3. The van der Waals surface area contributed by atoms with E-state index in [4.69, 9.17) is 5.73 Å². The van der Waals surface area contributed by atoms with Gasteiger partial charge in [0.05, 0.1) is 6.04 Å². The monoisotopic (exact) mass is 260 g/mol. The SMILES string of the molecule is CCCN1C(=O)CC(N)C1c1cc(C)c(C)cc1C. The molecule has 1 aromatic carbocycles. The number of nitrogens with zero attached hydrogens (tertiary/aromatic N) is 1. The normalized spacial score (nSPS) is 23.2. The molecule has 0 saturated carbocycles. The number of aryl methyl sites for hydroxylation is 3. The quantitative estimate of drug-likeness (QED) is 0.908. The van der Waals surface area contributed by atoms with Gasteiger partial charge in [-0.15, -0.1) is 0 Å².